The maximum atomic E-state index is 13.9. The van der Waals surface area contributed by atoms with E-state index < -0.39 is 6.17 Å². The predicted molar refractivity (Wildman–Crippen MR) is 83.6 cm³/mol. The Morgan fingerprint density at radius 2 is 2.23 bits per heavy atom. The lowest BCUT2D eigenvalue weighted by Gasteiger charge is -2.34. The third kappa shape index (κ3) is 2.64. The highest BCUT2D eigenvalue weighted by Crippen LogP contribution is 2.28. The molecule has 2 aromatic rings. The smallest absolute Gasteiger partial charge is 0.253 e. The number of aromatic nitrogens is 1. The molecule has 1 aromatic carbocycles. The summed E-state index contributed by atoms with van der Waals surface area (Å²) in [4.78, 5) is 15.6. The van der Waals surface area contributed by atoms with Crippen molar-refractivity contribution in [2.45, 2.75) is 31.2 Å². The minimum Gasteiger partial charge on any atom is -0.379 e. The average molecular weight is 302 g/mol. The fourth-order valence-corrected chi connectivity index (χ4v) is 2.97. The van der Waals surface area contributed by atoms with E-state index in [4.69, 9.17) is 4.74 Å². The number of ether oxygens (including phenoxy) is 1. The van der Waals surface area contributed by atoms with Gasteiger partial charge < -0.3 is 15.0 Å². The molecule has 0 spiro atoms. The van der Waals surface area contributed by atoms with E-state index in [1.54, 1.807) is 13.3 Å². The standard InChI is InChI=1S/C17H19FN2O2/c1-10-7-16(22-2)15(8-13(10)18)20-17(21)12-9-19-14-6-4-3-5-11(12)14/h3-6,9,13,15-16,19H,1,7-8H2,2H3,(H,20,21). The molecule has 1 aliphatic carbocycles. The van der Waals surface area contributed by atoms with Gasteiger partial charge in [-0.1, -0.05) is 24.8 Å². The molecule has 4 nitrogen and oxygen atoms in total. The van der Waals surface area contributed by atoms with Crippen LogP contribution in [0.2, 0.25) is 0 Å². The summed E-state index contributed by atoms with van der Waals surface area (Å²) in [5, 5.41) is 3.75. The predicted octanol–water partition coefficient (Wildman–Crippen LogP) is 2.97. The molecule has 22 heavy (non-hydrogen) atoms. The number of H-pyrrole nitrogens is 1. The first-order valence-electron chi connectivity index (χ1n) is 7.31. The minimum absolute atomic E-state index is 0.200. The summed E-state index contributed by atoms with van der Waals surface area (Å²) in [6.07, 6.45) is 0.964. The van der Waals surface area contributed by atoms with Crippen molar-refractivity contribution in [2.75, 3.05) is 7.11 Å². The molecule has 3 rings (SSSR count). The molecule has 1 aliphatic rings. The van der Waals surface area contributed by atoms with E-state index in [2.05, 4.69) is 16.9 Å². The highest BCUT2D eigenvalue weighted by molar-refractivity contribution is 6.06. The summed E-state index contributed by atoms with van der Waals surface area (Å²) in [7, 11) is 1.57. The van der Waals surface area contributed by atoms with Crippen LogP contribution in [-0.2, 0) is 4.74 Å². The Hall–Kier alpha value is -2.14. The third-order valence-electron chi connectivity index (χ3n) is 4.27. The van der Waals surface area contributed by atoms with Crippen molar-refractivity contribution in [3.63, 3.8) is 0 Å². The van der Waals surface area contributed by atoms with Gasteiger partial charge in [-0.05, 0) is 18.1 Å². The second-order valence-electron chi connectivity index (χ2n) is 5.67. The molecular formula is C17H19FN2O2. The lowest BCUT2D eigenvalue weighted by Crippen LogP contribution is -2.48. The van der Waals surface area contributed by atoms with Crippen LogP contribution in [0.1, 0.15) is 23.2 Å². The van der Waals surface area contributed by atoms with E-state index in [0.717, 1.165) is 10.9 Å². The van der Waals surface area contributed by atoms with Crippen LogP contribution in [0.15, 0.2) is 42.6 Å². The van der Waals surface area contributed by atoms with Crippen molar-refractivity contribution in [3.05, 3.63) is 48.2 Å². The summed E-state index contributed by atoms with van der Waals surface area (Å²) in [5.41, 5.74) is 1.99. The topological polar surface area (TPSA) is 54.1 Å². The Balaban J connectivity index is 1.79. The van der Waals surface area contributed by atoms with Crippen LogP contribution in [0.4, 0.5) is 4.39 Å². The van der Waals surface area contributed by atoms with Gasteiger partial charge in [-0.15, -0.1) is 0 Å². The molecule has 1 amide bonds. The van der Waals surface area contributed by atoms with Crippen LogP contribution in [-0.4, -0.2) is 36.3 Å². The van der Waals surface area contributed by atoms with Crippen molar-refractivity contribution in [1.82, 2.24) is 10.3 Å². The molecule has 3 atom stereocenters. The molecule has 1 saturated carbocycles. The monoisotopic (exact) mass is 302 g/mol. The first kappa shape index (κ1) is 14.8. The first-order chi connectivity index (χ1) is 10.6. The number of hydrogen-bond donors (Lipinski definition) is 2. The van der Waals surface area contributed by atoms with Gasteiger partial charge in [0.15, 0.2) is 0 Å². The number of amides is 1. The lowest BCUT2D eigenvalue weighted by molar-refractivity contribution is 0.0385. The van der Waals surface area contributed by atoms with Gasteiger partial charge in [-0.2, -0.15) is 0 Å². The van der Waals surface area contributed by atoms with Gasteiger partial charge in [0, 0.05) is 30.6 Å². The molecule has 0 aliphatic heterocycles. The number of halogens is 1. The second-order valence-corrected chi connectivity index (χ2v) is 5.67. The zero-order chi connectivity index (χ0) is 15.7. The Bertz CT molecular complexity index is 710. The van der Waals surface area contributed by atoms with Crippen molar-refractivity contribution in [1.29, 1.82) is 0 Å². The maximum absolute atomic E-state index is 13.9. The van der Waals surface area contributed by atoms with Gasteiger partial charge in [0.1, 0.15) is 6.17 Å². The first-order valence-corrected chi connectivity index (χ1v) is 7.31. The van der Waals surface area contributed by atoms with Crippen molar-refractivity contribution >= 4 is 16.8 Å². The molecule has 3 unspecified atom stereocenters. The molecule has 2 N–H and O–H groups in total. The molecule has 5 heteroatoms. The van der Waals surface area contributed by atoms with Gasteiger partial charge in [0.2, 0.25) is 0 Å². The van der Waals surface area contributed by atoms with Crippen LogP contribution < -0.4 is 5.32 Å². The summed E-state index contributed by atoms with van der Waals surface area (Å²) < 4.78 is 19.2. The Labute approximate surface area is 128 Å². The van der Waals surface area contributed by atoms with Crippen LogP contribution >= 0.6 is 0 Å². The number of aromatic amines is 1. The summed E-state index contributed by atoms with van der Waals surface area (Å²) in [6, 6.07) is 7.22. The van der Waals surface area contributed by atoms with E-state index >= 15 is 0 Å². The number of rotatable bonds is 3. The fraction of sp³-hybridized carbons (Fsp3) is 0.353. The van der Waals surface area contributed by atoms with Crippen molar-refractivity contribution in [3.8, 4) is 0 Å². The number of alkyl halides is 1. The third-order valence-corrected chi connectivity index (χ3v) is 4.27. The highest BCUT2D eigenvalue weighted by atomic mass is 19.1. The molecule has 0 radical (unpaired) electrons. The number of benzene rings is 1. The van der Waals surface area contributed by atoms with E-state index in [0.29, 0.717) is 17.6 Å². The molecule has 1 fully saturated rings. The highest BCUT2D eigenvalue weighted by Gasteiger charge is 2.34. The van der Waals surface area contributed by atoms with Crippen LogP contribution in [0.25, 0.3) is 10.9 Å². The largest absolute Gasteiger partial charge is 0.379 e. The Morgan fingerprint density at radius 3 is 3.00 bits per heavy atom. The van der Waals surface area contributed by atoms with Gasteiger partial charge in [0.05, 0.1) is 17.7 Å². The summed E-state index contributed by atoms with van der Waals surface area (Å²) >= 11 is 0. The molecule has 0 saturated heterocycles. The average Bonchev–Trinajstić information content (AvgIpc) is 2.94. The van der Waals surface area contributed by atoms with E-state index in [1.165, 1.54) is 0 Å². The zero-order valence-corrected chi connectivity index (χ0v) is 12.4. The quantitative estimate of drug-likeness (QED) is 0.856. The van der Waals surface area contributed by atoms with Gasteiger partial charge >= 0.3 is 0 Å². The van der Waals surface area contributed by atoms with Gasteiger partial charge in [-0.3, -0.25) is 4.79 Å². The number of carbonyl (C=O) groups excluding carboxylic acids is 1. The minimum atomic E-state index is -1.10. The second kappa shape index (κ2) is 5.93. The van der Waals surface area contributed by atoms with Crippen LogP contribution in [0.3, 0.4) is 0 Å². The summed E-state index contributed by atoms with van der Waals surface area (Å²) in [6.45, 7) is 3.73. The molecular weight excluding hydrogens is 283 g/mol. The molecule has 1 aromatic heterocycles. The SMILES string of the molecule is C=C1CC(OC)C(NC(=O)c2c[nH]c3ccccc23)CC1F. The fourth-order valence-electron chi connectivity index (χ4n) is 2.97. The number of methoxy groups -OCH3 is 1. The normalized spacial score (nSPS) is 25.4. The number of para-hydroxylation sites is 1. The zero-order valence-electron chi connectivity index (χ0n) is 12.4. The number of carbonyl (C=O) groups is 1. The maximum Gasteiger partial charge on any atom is 0.253 e. The van der Waals surface area contributed by atoms with Gasteiger partial charge in [0.25, 0.3) is 5.91 Å². The Kier molecular flexibility index (Phi) is 3.98. The number of nitrogens with one attached hydrogen (secondary N) is 2. The van der Waals surface area contributed by atoms with Crippen molar-refractivity contribution < 1.29 is 13.9 Å². The number of hydrogen-bond acceptors (Lipinski definition) is 2. The Morgan fingerprint density at radius 1 is 1.45 bits per heavy atom. The molecule has 1 heterocycles. The summed E-state index contributed by atoms with van der Waals surface area (Å²) in [5.74, 6) is -0.218. The lowest BCUT2D eigenvalue weighted by atomic mass is 9.87. The van der Waals surface area contributed by atoms with Gasteiger partial charge in [-0.25, -0.2) is 4.39 Å². The van der Waals surface area contributed by atoms with Crippen molar-refractivity contribution in [2.24, 2.45) is 0 Å². The van der Waals surface area contributed by atoms with Crippen LogP contribution in [0.5, 0.6) is 0 Å². The number of fused-ring (bicyclic) bond motifs is 1. The van der Waals surface area contributed by atoms with E-state index in [9.17, 15) is 9.18 Å². The molecule has 0 bridgehead atoms. The van der Waals surface area contributed by atoms with E-state index in [-0.39, 0.29) is 24.5 Å². The molecule has 116 valence electrons. The van der Waals surface area contributed by atoms with Crippen LogP contribution in [0, 0.1) is 0 Å². The van der Waals surface area contributed by atoms with E-state index in [1.807, 2.05) is 24.3 Å².